The van der Waals surface area contributed by atoms with Crippen molar-refractivity contribution in [3.63, 3.8) is 0 Å². The van der Waals surface area contributed by atoms with Crippen LogP contribution in [0, 0.1) is 0 Å². The number of hydrazone groups is 1. The zero-order valence-electron chi connectivity index (χ0n) is 37.0. The van der Waals surface area contributed by atoms with Crippen molar-refractivity contribution < 1.29 is 86.2 Å². The molecule has 0 heterocycles. The molecule has 0 aliphatic heterocycles. The van der Waals surface area contributed by atoms with Gasteiger partial charge in [-0.15, -0.1) is 11.8 Å². The van der Waals surface area contributed by atoms with Crippen LogP contribution < -0.4 is 16.9 Å². The average Bonchev–Trinajstić information content (AvgIpc) is 3.27. The summed E-state index contributed by atoms with van der Waals surface area (Å²) in [6, 6.07) is -1.23. The number of amides is 1. The second-order valence-electron chi connectivity index (χ2n) is 12.7. The topological polar surface area (TPSA) is 300 Å². The number of aliphatic carboxylic acids is 2. The van der Waals surface area contributed by atoms with Crippen LogP contribution in [0.25, 0.3) is 0 Å². The van der Waals surface area contributed by atoms with Gasteiger partial charge in [-0.05, 0) is 6.42 Å². The molecule has 0 aromatic carbocycles. The zero-order valence-corrected chi connectivity index (χ0v) is 37.9. The van der Waals surface area contributed by atoms with Crippen LogP contribution >= 0.6 is 11.8 Å². The number of nitrogens with one attached hydrogen (secondary N) is 1. The summed E-state index contributed by atoms with van der Waals surface area (Å²) in [6.07, 6.45) is 1.87. The molecular formula is C39H75N5O18S. The molecule has 370 valence electrons. The first kappa shape index (κ1) is 60.3. The molecule has 2 atom stereocenters. The van der Waals surface area contributed by atoms with Crippen molar-refractivity contribution in [3.8, 4) is 0 Å². The number of hydrogen-bond acceptors (Lipinski definition) is 21. The minimum absolute atomic E-state index is 0.103. The number of ether oxygens (including phenoxy) is 13. The van der Waals surface area contributed by atoms with Crippen molar-refractivity contribution >= 4 is 41.5 Å². The van der Waals surface area contributed by atoms with Gasteiger partial charge in [-0.3, -0.25) is 19.4 Å². The van der Waals surface area contributed by atoms with Crippen molar-refractivity contribution in [1.82, 2.24) is 5.32 Å². The first-order valence-corrected chi connectivity index (χ1v) is 22.2. The highest BCUT2D eigenvalue weighted by Crippen LogP contribution is 2.16. The van der Waals surface area contributed by atoms with Crippen LogP contribution in [0.5, 0.6) is 0 Å². The van der Waals surface area contributed by atoms with E-state index in [1.54, 1.807) is 0 Å². The Morgan fingerprint density at radius 1 is 0.556 bits per heavy atom. The minimum atomic E-state index is -1.25. The monoisotopic (exact) mass is 933 g/mol. The molecule has 7 N–H and O–H groups in total. The molecule has 0 aromatic rings. The van der Waals surface area contributed by atoms with Crippen LogP contribution in [-0.4, -0.2) is 242 Å². The Bertz CT molecular complexity index is 1120. The number of rotatable bonds is 51. The molecular weight excluding hydrogens is 859 g/mol. The molecule has 0 aliphatic rings. The lowest BCUT2D eigenvalue weighted by molar-refractivity contribution is -0.138. The fourth-order valence-electron chi connectivity index (χ4n) is 4.27. The van der Waals surface area contributed by atoms with Crippen molar-refractivity contribution in [2.45, 2.75) is 31.1 Å². The number of thioether (sulfide) groups is 1. The van der Waals surface area contributed by atoms with Crippen molar-refractivity contribution in [3.05, 3.63) is 0 Å². The second-order valence-corrected chi connectivity index (χ2v) is 13.9. The first-order valence-electron chi connectivity index (χ1n) is 21.2. The Morgan fingerprint density at radius 3 is 1.16 bits per heavy atom. The van der Waals surface area contributed by atoms with E-state index >= 15 is 0 Å². The molecule has 0 saturated carbocycles. The molecule has 0 saturated heterocycles. The summed E-state index contributed by atoms with van der Waals surface area (Å²) in [5.74, 6) is 2.14. The fraction of sp³-hybridized carbons (Fsp3) is 0.872. The Morgan fingerprint density at radius 2 is 0.873 bits per heavy atom. The third-order valence-electron chi connectivity index (χ3n) is 7.47. The number of hydrogen-bond donors (Lipinski definition) is 5. The molecule has 0 aliphatic carbocycles. The van der Waals surface area contributed by atoms with E-state index in [0.29, 0.717) is 172 Å². The second kappa shape index (κ2) is 48.8. The maximum absolute atomic E-state index is 12.4. The van der Waals surface area contributed by atoms with E-state index in [-0.39, 0.29) is 18.0 Å². The van der Waals surface area contributed by atoms with Gasteiger partial charge in [0.1, 0.15) is 6.04 Å². The molecule has 0 rings (SSSR count). The summed E-state index contributed by atoms with van der Waals surface area (Å²) >= 11 is 0.842. The largest absolute Gasteiger partial charge is 0.481 e. The molecule has 2 unspecified atom stereocenters. The average molecular weight is 934 g/mol. The lowest BCUT2D eigenvalue weighted by atomic mass is 10.3. The molecule has 1 amide bonds. The van der Waals surface area contributed by atoms with Crippen LogP contribution in [-0.2, 0) is 76.0 Å². The quantitative estimate of drug-likeness (QED) is 0.0214. The minimum Gasteiger partial charge on any atom is -0.481 e. The molecule has 0 radical (unpaired) electrons. The van der Waals surface area contributed by atoms with Gasteiger partial charge in [-0.2, -0.15) is 5.10 Å². The van der Waals surface area contributed by atoms with Gasteiger partial charge in [-0.25, -0.2) is 0 Å². The van der Waals surface area contributed by atoms with Crippen molar-refractivity contribution in [1.29, 1.82) is 0 Å². The first-order chi connectivity index (χ1) is 30.8. The van der Waals surface area contributed by atoms with E-state index in [4.69, 9.17) is 83.4 Å². The molecule has 0 fully saturated rings. The highest BCUT2D eigenvalue weighted by molar-refractivity contribution is 8.00. The highest BCUT2D eigenvalue weighted by atomic mass is 32.2. The summed E-state index contributed by atoms with van der Waals surface area (Å²) < 4.78 is 71.0. The molecule has 63 heavy (non-hydrogen) atoms. The summed E-state index contributed by atoms with van der Waals surface area (Å²) in [6.45, 7) is 14.8. The third-order valence-corrected chi connectivity index (χ3v) is 8.81. The maximum atomic E-state index is 12.4. The van der Waals surface area contributed by atoms with E-state index in [9.17, 15) is 14.4 Å². The van der Waals surface area contributed by atoms with Gasteiger partial charge in [-0.1, -0.05) is 6.92 Å². The predicted octanol–water partition coefficient (Wildman–Crippen LogP) is -0.898. The lowest BCUT2D eigenvalue weighted by Crippen LogP contribution is -2.40. The zero-order chi connectivity index (χ0) is 46.1. The molecule has 0 spiro atoms. The van der Waals surface area contributed by atoms with Gasteiger partial charge >= 0.3 is 11.9 Å². The van der Waals surface area contributed by atoms with Crippen LogP contribution in [0.3, 0.4) is 0 Å². The van der Waals surface area contributed by atoms with E-state index in [1.165, 1.54) is 6.21 Å². The standard InChI is InChI=1S/C39H75N5O18S/c1-2-4-50-6-8-52-10-12-54-14-16-56-18-20-58-22-24-60-26-28-62-29-27-61-25-23-59-21-19-57-17-15-55-13-11-53-9-7-51-5-3-42-31-34(44-41)32-43-38(47)36(30-37(45)46)63-33-35(40)39(48)49/h31,35-36H,2-30,32-33,40-41H2,1H3,(H,43,47)(H,45,46)(H,48,49). The van der Waals surface area contributed by atoms with Gasteiger partial charge in [0.15, 0.2) is 0 Å². The maximum Gasteiger partial charge on any atom is 0.321 e. The van der Waals surface area contributed by atoms with E-state index in [2.05, 4.69) is 22.3 Å². The van der Waals surface area contributed by atoms with E-state index in [0.717, 1.165) is 24.8 Å². The van der Waals surface area contributed by atoms with Gasteiger partial charge in [0.25, 0.3) is 0 Å². The van der Waals surface area contributed by atoms with Crippen LogP contribution in [0.4, 0.5) is 0 Å². The Hall–Kier alpha value is -2.66. The van der Waals surface area contributed by atoms with Gasteiger partial charge in [0, 0.05) is 18.6 Å². The number of aliphatic imine (C=N–C) groups is 1. The van der Waals surface area contributed by atoms with E-state index < -0.39 is 35.6 Å². The molecule has 23 nitrogen and oxygen atoms in total. The summed E-state index contributed by atoms with van der Waals surface area (Å²) in [5.41, 5.74) is 5.68. The number of nitrogens with two attached hydrogens (primary N) is 2. The Balaban J connectivity index is 3.40. The molecule has 0 aromatic heterocycles. The number of carboxylic acid groups (broad SMARTS) is 2. The van der Waals surface area contributed by atoms with Crippen LogP contribution in [0.2, 0.25) is 0 Å². The Labute approximate surface area is 375 Å². The molecule has 0 bridgehead atoms. The van der Waals surface area contributed by atoms with Gasteiger partial charge < -0.3 is 88.7 Å². The summed E-state index contributed by atoms with van der Waals surface area (Å²) in [5, 5.41) is 23.0. The van der Waals surface area contributed by atoms with Crippen LogP contribution in [0.15, 0.2) is 10.1 Å². The number of carbonyl (C=O) groups is 3. The smallest absolute Gasteiger partial charge is 0.321 e. The van der Waals surface area contributed by atoms with E-state index in [1.807, 2.05) is 0 Å². The highest BCUT2D eigenvalue weighted by Gasteiger charge is 2.24. The van der Waals surface area contributed by atoms with Gasteiger partial charge in [0.2, 0.25) is 5.91 Å². The van der Waals surface area contributed by atoms with Crippen molar-refractivity contribution in [2.75, 3.05) is 191 Å². The lowest BCUT2D eigenvalue weighted by Gasteiger charge is -2.16. The number of nitrogens with zero attached hydrogens (tertiary/aromatic N) is 2. The number of carbonyl (C=O) groups excluding carboxylic acids is 1. The predicted molar refractivity (Wildman–Crippen MR) is 233 cm³/mol. The summed E-state index contributed by atoms with van der Waals surface area (Å²) in [7, 11) is 0. The third kappa shape index (κ3) is 45.7. The SMILES string of the molecule is CCCOCCOCCOCCOCCOCCOCCOCCOCCOCCOCCOCCOCCOCCN=CC(CNC(=O)C(CC(=O)O)SCC(N)C(=O)O)=NN. The Kier molecular flexibility index (Phi) is 46.7. The normalized spacial score (nSPS) is 12.9. The summed E-state index contributed by atoms with van der Waals surface area (Å²) in [4.78, 5) is 38.6. The van der Waals surface area contributed by atoms with Gasteiger partial charge in [0.05, 0.1) is 196 Å². The number of carboxylic acids is 2. The molecule has 24 heteroatoms. The fourth-order valence-corrected chi connectivity index (χ4v) is 5.34. The van der Waals surface area contributed by atoms with Crippen LogP contribution in [0.1, 0.15) is 19.8 Å². The van der Waals surface area contributed by atoms with Crippen molar-refractivity contribution in [2.24, 2.45) is 21.7 Å².